The maximum absolute atomic E-state index is 9.55. The first-order valence-corrected chi connectivity index (χ1v) is 9.00. The largest absolute Gasteiger partial charge is 0.378 e. The number of methoxy groups -OCH3 is 1. The highest BCUT2D eigenvalue weighted by Gasteiger charge is 2.28. The number of fused-ring (bicyclic) bond motifs is 1. The number of pyridine rings is 1. The highest BCUT2D eigenvalue weighted by Crippen LogP contribution is 2.27. The molecule has 0 bridgehead atoms. The Morgan fingerprint density at radius 3 is 2.85 bits per heavy atom. The number of hydrogen-bond donors (Lipinski definition) is 2. The average molecular weight is 367 g/mol. The Bertz CT molecular complexity index is 881. The van der Waals surface area contributed by atoms with Crippen molar-refractivity contribution in [2.24, 2.45) is 5.73 Å². The van der Waals surface area contributed by atoms with E-state index in [1.807, 2.05) is 31.2 Å². The normalized spacial score (nSPS) is 15.9. The Kier molecular flexibility index (Phi) is 5.74. The first kappa shape index (κ1) is 18.9. The van der Waals surface area contributed by atoms with Crippen molar-refractivity contribution in [2.45, 2.75) is 39.6 Å². The second-order valence-electron chi connectivity index (χ2n) is 6.39. The number of nitriles is 1. The summed E-state index contributed by atoms with van der Waals surface area (Å²) in [5.41, 5.74) is 11.2. The molecule has 0 saturated carbocycles. The first-order chi connectivity index (χ1) is 13.1. The van der Waals surface area contributed by atoms with Crippen LogP contribution in [0.25, 0.3) is 6.08 Å². The molecule has 1 unspecified atom stereocenters. The highest BCUT2D eigenvalue weighted by molar-refractivity contribution is 5.56. The van der Waals surface area contributed by atoms with Crippen molar-refractivity contribution in [1.29, 1.82) is 5.26 Å². The van der Waals surface area contributed by atoms with E-state index < -0.39 is 6.29 Å². The third-order valence-electron chi connectivity index (χ3n) is 4.60. The summed E-state index contributed by atoms with van der Waals surface area (Å²) in [6, 6.07) is 5.90. The average Bonchev–Trinajstić information content (AvgIpc) is 2.98. The Hall–Kier alpha value is -2.89. The zero-order valence-corrected chi connectivity index (χ0v) is 15.9. The molecular formula is C19H25N7O. The van der Waals surface area contributed by atoms with E-state index in [1.54, 1.807) is 11.8 Å². The number of ether oxygens (including phenoxy) is 1. The molecule has 3 heterocycles. The first-order valence-electron chi connectivity index (χ1n) is 9.00. The van der Waals surface area contributed by atoms with Crippen LogP contribution in [-0.2, 0) is 24.2 Å². The van der Waals surface area contributed by atoms with Crippen molar-refractivity contribution >= 4 is 6.08 Å². The van der Waals surface area contributed by atoms with Gasteiger partial charge < -0.3 is 10.1 Å². The van der Waals surface area contributed by atoms with Gasteiger partial charge in [0.25, 0.3) is 0 Å². The van der Waals surface area contributed by atoms with E-state index >= 15 is 0 Å². The van der Waals surface area contributed by atoms with Crippen LogP contribution < -0.4 is 11.1 Å². The molecule has 0 aromatic carbocycles. The molecule has 3 N–H and O–H groups in total. The van der Waals surface area contributed by atoms with Crippen molar-refractivity contribution in [2.75, 3.05) is 13.7 Å². The lowest BCUT2D eigenvalue weighted by Gasteiger charge is -2.31. The summed E-state index contributed by atoms with van der Waals surface area (Å²) in [5, 5.41) is 17.4. The van der Waals surface area contributed by atoms with E-state index in [-0.39, 0.29) is 0 Å². The summed E-state index contributed by atoms with van der Waals surface area (Å²) in [4.78, 5) is 6.00. The van der Waals surface area contributed by atoms with E-state index in [2.05, 4.69) is 28.5 Å². The van der Waals surface area contributed by atoms with Crippen LogP contribution in [-0.4, -0.2) is 33.3 Å². The number of rotatable bonds is 7. The number of aromatic nitrogens is 3. The minimum absolute atomic E-state index is 0.493. The molecule has 1 atom stereocenters. The van der Waals surface area contributed by atoms with Crippen LogP contribution in [0.4, 0.5) is 0 Å². The van der Waals surface area contributed by atoms with Crippen LogP contribution in [0.2, 0.25) is 0 Å². The number of nitrogens with two attached hydrogens (primary N) is 1. The lowest BCUT2D eigenvalue weighted by Crippen LogP contribution is -2.43. The van der Waals surface area contributed by atoms with Gasteiger partial charge in [-0.3, -0.25) is 10.7 Å². The van der Waals surface area contributed by atoms with Gasteiger partial charge in [0.05, 0.1) is 23.7 Å². The van der Waals surface area contributed by atoms with E-state index in [0.717, 1.165) is 41.2 Å². The standard InChI is InChI=1S/C19H25N7O/c1-4-16-13(2)24-26-17(16)10-18(25(12-20)19(26)21)22-9-8-14-6-5-7-15(23-14)11-27-3/h5-7,10,19,22H,4,8-9,11,21H2,1-3H3. The molecule has 1 aliphatic rings. The SMILES string of the molecule is CCc1c(C)nn2c1C=C(NCCc1cccc(COC)n1)N(C#N)C2N. The van der Waals surface area contributed by atoms with Crippen LogP contribution in [0, 0.1) is 18.4 Å². The second-order valence-corrected chi connectivity index (χ2v) is 6.39. The monoisotopic (exact) mass is 367 g/mol. The fourth-order valence-corrected chi connectivity index (χ4v) is 3.31. The molecule has 27 heavy (non-hydrogen) atoms. The number of nitrogens with zero attached hydrogens (tertiary/aromatic N) is 5. The number of nitrogens with one attached hydrogen (secondary N) is 1. The summed E-state index contributed by atoms with van der Waals surface area (Å²) in [6.45, 7) is 5.18. The molecule has 2 aromatic rings. The van der Waals surface area contributed by atoms with Crippen molar-refractivity contribution in [3.8, 4) is 6.19 Å². The lowest BCUT2D eigenvalue weighted by molar-refractivity contribution is 0.181. The zero-order valence-electron chi connectivity index (χ0n) is 15.9. The van der Waals surface area contributed by atoms with Crippen molar-refractivity contribution in [1.82, 2.24) is 25.0 Å². The maximum Gasteiger partial charge on any atom is 0.190 e. The van der Waals surface area contributed by atoms with Crippen LogP contribution in [0.1, 0.15) is 41.6 Å². The molecule has 0 radical (unpaired) electrons. The lowest BCUT2D eigenvalue weighted by atomic mass is 10.1. The Morgan fingerprint density at radius 2 is 2.15 bits per heavy atom. The van der Waals surface area contributed by atoms with Gasteiger partial charge in [0.15, 0.2) is 12.5 Å². The molecule has 8 nitrogen and oxygen atoms in total. The predicted octanol–water partition coefficient (Wildman–Crippen LogP) is 1.64. The van der Waals surface area contributed by atoms with Gasteiger partial charge in [-0.05, 0) is 25.5 Å². The molecule has 1 aliphatic heterocycles. The fourth-order valence-electron chi connectivity index (χ4n) is 3.31. The minimum atomic E-state index is -0.653. The quantitative estimate of drug-likeness (QED) is 0.717. The minimum Gasteiger partial charge on any atom is -0.378 e. The Morgan fingerprint density at radius 1 is 1.37 bits per heavy atom. The van der Waals surface area contributed by atoms with Crippen LogP contribution >= 0.6 is 0 Å². The predicted molar refractivity (Wildman–Crippen MR) is 102 cm³/mol. The molecule has 3 rings (SSSR count). The topological polar surface area (TPSA) is 105 Å². The summed E-state index contributed by atoms with van der Waals surface area (Å²) in [7, 11) is 1.65. The van der Waals surface area contributed by atoms with E-state index in [0.29, 0.717) is 19.0 Å². The van der Waals surface area contributed by atoms with Gasteiger partial charge in [-0.25, -0.2) is 9.58 Å². The number of hydrogen-bond acceptors (Lipinski definition) is 7. The summed E-state index contributed by atoms with van der Waals surface area (Å²) >= 11 is 0. The Labute approximate surface area is 159 Å². The highest BCUT2D eigenvalue weighted by atomic mass is 16.5. The van der Waals surface area contributed by atoms with E-state index in [1.165, 1.54) is 4.90 Å². The molecule has 142 valence electrons. The molecule has 8 heteroatoms. The number of aryl methyl sites for hydroxylation is 1. The molecule has 0 saturated heterocycles. The van der Waals surface area contributed by atoms with Crippen molar-refractivity contribution < 1.29 is 4.74 Å². The van der Waals surface area contributed by atoms with Crippen molar-refractivity contribution in [3.63, 3.8) is 0 Å². The molecule has 2 aromatic heterocycles. The maximum atomic E-state index is 9.55. The van der Waals surface area contributed by atoms with Gasteiger partial charge in [0.1, 0.15) is 5.82 Å². The second kappa shape index (κ2) is 8.20. The third kappa shape index (κ3) is 3.79. The summed E-state index contributed by atoms with van der Waals surface area (Å²) in [5.74, 6) is 0.681. The zero-order chi connectivity index (χ0) is 19.4. The van der Waals surface area contributed by atoms with E-state index in [9.17, 15) is 5.26 Å². The third-order valence-corrected chi connectivity index (χ3v) is 4.60. The molecule has 0 fully saturated rings. The van der Waals surface area contributed by atoms with Crippen LogP contribution in [0.15, 0.2) is 24.0 Å². The molecular weight excluding hydrogens is 342 g/mol. The van der Waals surface area contributed by atoms with E-state index in [4.69, 9.17) is 10.5 Å². The van der Waals surface area contributed by atoms with Gasteiger partial charge in [-0.1, -0.05) is 13.0 Å². The van der Waals surface area contributed by atoms with Gasteiger partial charge >= 0.3 is 0 Å². The van der Waals surface area contributed by atoms with Crippen molar-refractivity contribution in [3.05, 3.63) is 52.4 Å². The molecule has 0 aliphatic carbocycles. The Balaban J connectivity index is 1.76. The summed E-state index contributed by atoms with van der Waals surface area (Å²) in [6.07, 6.45) is 5.03. The van der Waals surface area contributed by atoms with Crippen LogP contribution in [0.5, 0.6) is 0 Å². The fraction of sp³-hybridized carbons (Fsp3) is 0.421. The smallest absolute Gasteiger partial charge is 0.190 e. The van der Waals surface area contributed by atoms with Gasteiger partial charge in [-0.2, -0.15) is 10.4 Å². The molecule has 0 spiro atoms. The summed E-state index contributed by atoms with van der Waals surface area (Å²) < 4.78 is 6.83. The van der Waals surface area contributed by atoms with Gasteiger partial charge in [-0.15, -0.1) is 0 Å². The van der Waals surface area contributed by atoms with Gasteiger partial charge in [0, 0.05) is 37.4 Å². The molecule has 0 amide bonds. The van der Waals surface area contributed by atoms with Crippen LogP contribution in [0.3, 0.4) is 0 Å². The van der Waals surface area contributed by atoms with Gasteiger partial charge in [0.2, 0.25) is 0 Å².